The Labute approximate surface area is 500 Å². The number of likely N-dealkylation sites (tertiary alicyclic amines) is 2. The van der Waals surface area contributed by atoms with Crippen molar-refractivity contribution in [2.24, 2.45) is 24.8 Å². The number of nitrogens with one attached hydrogen (secondary N) is 1. The van der Waals surface area contributed by atoms with Crippen LogP contribution in [0.1, 0.15) is 109 Å². The van der Waals surface area contributed by atoms with Gasteiger partial charge in [-0.25, -0.2) is 18.4 Å². The average Bonchev–Trinajstić information content (AvgIpc) is 1.65. The Balaban J connectivity index is 0.643. The van der Waals surface area contributed by atoms with Gasteiger partial charge in [0.15, 0.2) is 12.6 Å². The molecule has 6 aliphatic rings. The van der Waals surface area contributed by atoms with E-state index in [0.29, 0.717) is 65.3 Å². The van der Waals surface area contributed by atoms with Gasteiger partial charge in [-0.1, -0.05) is 12.0 Å². The number of aryl methyl sites for hydroxylation is 1. The lowest BCUT2D eigenvalue weighted by atomic mass is 9.82. The van der Waals surface area contributed by atoms with E-state index < -0.39 is 29.2 Å². The van der Waals surface area contributed by atoms with E-state index in [2.05, 4.69) is 48.0 Å². The predicted octanol–water partition coefficient (Wildman–Crippen LogP) is 8.81. The first-order chi connectivity index (χ1) is 41.5. The van der Waals surface area contributed by atoms with Crippen molar-refractivity contribution >= 4 is 62.1 Å². The molecule has 3 aromatic carbocycles. The van der Waals surface area contributed by atoms with Crippen LogP contribution in [0.2, 0.25) is 0 Å². The number of piperazine rings is 1. The quantitative estimate of drug-likeness (QED) is 0.0420. The molecule has 6 saturated heterocycles. The van der Waals surface area contributed by atoms with Crippen molar-refractivity contribution in [2.75, 3.05) is 95.8 Å². The Hall–Kier alpha value is -7.41. The number of carbonyl (C=O) groups excluding carboxylic acids is 3. The molecule has 3 unspecified atom stereocenters. The predicted molar refractivity (Wildman–Crippen MR) is 324 cm³/mol. The maximum absolute atomic E-state index is 17.6. The molecule has 0 saturated carbocycles. The molecule has 6 fully saturated rings. The first kappa shape index (κ1) is 58.9. The van der Waals surface area contributed by atoms with Crippen LogP contribution in [-0.4, -0.2) is 160 Å². The number of aromatic nitrogens is 5. The van der Waals surface area contributed by atoms with Crippen molar-refractivity contribution in [2.45, 2.75) is 122 Å². The topological polar surface area (TPSA) is 182 Å². The molecule has 0 radical (unpaired) electrons. The first-order valence-corrected chi connectivity index (χ1v) is 30.8. The largest absolute Gasteiger partial charge is 0.468 e. The Bertz CT molecular complexity index is 3630. The number of hydrogen-bond acceptors (Lipinski definition) is 15. The molecule has 0 aliphatic carbocycles. The Morgan fingerprint density at radius 3 is 2.21 bits per heavy atom. The minimum absolute atomic E-state index is 0.0109. The molecule has 1 N–H and O–H groups in total. The van der Waals surface area contributed by atoms with E-state index in [1.807, 2.05) is 31.7 Å². The molecule has 456 valence electrons. The van der Waals surface area contributed by atoms with Crippen LogP contribution in [0.15, 0.2) is 53.5 Å². The highest BCUT2D eigenvalue weighted by atomic mass is 19.1. The number of fused-ring (bicyclic) bond motifs is 5. The molecule has 21 heteroatoms. The van der Waals surface area contributed by atoms with E-state index in [1.165, 1.54) is 45.3 Å². The third-order valence-corrected chi connectivity index (χ3v) is 18.8. The number of amides is 3. The monoisotopic (exact) mass is 1180 g/mol. The molecular weight excluding hydrogens is 1100 g/mol. The molecule has 19 nitrogen and oxygen atoms in total. The fraction of sp³-hybridized carbons (Fsp3) is 0.554. The van der Waals surface area contributed by atoms with Gasteiger partial charge in [-0.05, 0) is 177 Å². The minimum Gasteiger partial charge on any atom is -0.468 e. The number of hydrogen-bond donors (Lipinski definition) is 1. The van der Waals surface area contributed by atoms with Crippen molar-refractivity contribution in [3.63, 3.8) is 0 Å². The molecule has 3 amide bonds. The van der Waals surface area contributed by atoms with E-state index in [9.17, 15) is 19.2 Å². The summed E-state index contributed by atoms with van der Waals surface area (Å²) < 4.78 is 59.2. The Morgan fingerprint density at radius 2 is 1.52 bits per heavy atom. The lowest BCUT2D eigenvalue weighted by Gasteiger charge is -2.42. The second-order valence-corrected chi connectivity index (χ2v) is 25.6. The van der Waals surface area contributed by atoms with Crippen LogP contribution in [0.25, 0.3) is 44.0 Å². The van der Waals surface area contributed by atoms with Crippen molar-refractivity contribution < 1.29 is 42.1 Å². The highest BCUT2D eigenvalue weighted by Crippen LogP contribution is 2.42. The smallest absolute Gasteiger partial charge is 0.410 e. The number of halogens is 2. The number of pyridine rings is 1. The van der Waals surface area contributed by atoms with Gasteiger partial charge in [0, 0.05) is 82.7 Å². The maximum atomic E-state index is 17.6. The molecule has 3 aromatic heterocycles. The van der Waals surface area contributed by atoms with Gasteiger partial charge in [0.2, 0.25) is 11.8 Å². The summed E-state index contributed by atoms with van der Waals surface area (Å²) in [5.74, 6) is 3.30. The van der Waals surface area contributed by atoms with Gasteiger partial charge < -0.3 is 38.5 Å². The van der Waals surface area contributed by atoms with Crippen LogP contribution in [0.5, 0.6) is 11.8 Å². The zero-order valence-corrected chi connectivity index (χ0v) is 50.1. The van der Waals surface area contributed by atoms with Crippen molar-refractivity contribution in [3.8, 4) is 35.4 Å². The highest BCUT2D eigenvalue weighted by Gasteiger charge is 2.45. The van der Waals surface area contributed by atoms with Crippen molar-refractivity contribution in [3.05, 3.63) is 76.3 Å². The number of rotatable bonds is 16. The van der Waals surface area contributed by atoms with Gasteiger partial charge in [-0.2, -0.15) is 9.97 Å². The number of imidazole rings is 1. The number of methoxy groups -OCH3 is 1. The highest BCUT2D eigenvalue weighted by molar-refractivity contribution is 6.03. The molecule has 6 aliphatic heterocycles. The summed E-state index contributed by atoms with van der Waals surface area (Å²) in [7, 11) is 3.24. The van der Waals surface area contributed by atoms with E-state index in [0.717, 1.165) is 108 Å². The molecule has 0 spiro atoms. The summed E-state index contributed by atoms with van der Waals surface area (Å²) in [6.07, 6.45) is 18.3. The number of nitrogens with zero attached hydrogens (tertiary/aromatic N) is 10. The minimum atomic E-state index is -0.752. The molecule has 6 aromatic rings. The van der Waals surface area contributed by atoms with Crippen LogP contribution < -0.4 is 30.3 Å². The normalized spacial score (nSPS) is 21.4. The Morgan fingerprint density at radius 1 is 0.814 bits per heavy atom. The molecule has 12 rings (SSSR count). The molecule has 86 heavy (non-hydrogen) atoms. The van der Waals surface area contributed by atoms with Crippen LogP contribution in [-0.2, 0) is 26.1 Å². The van der Waals surface area contributed by atoms with Gasteiger partial charge in [0.25, 0.3) is 0 Å². The van der Waals surface area contributed by atoms with E-state index in [-0.39, 0.29) is 71.3 Å². The van der Waals surface area contributed by atoms with E-state index in [1.54, 1.807) is 40.6 Å². The van der Waals surface area contributed by atoms with Gasteiger partial charge in [0.05, 0.1) is 40.7 Å². The van der Waals surface area contributed by atoms with Crippen LogP contribution in [0.3, 0.4) is 0 Å². The summed E-state index contributed by atoms with van der Waals surface area (Å²) >= 11 is 0. The number of terminal acetylenes is 1. The zero-order valence-electron chi connectivity index (χ0n) is 50.1. The van der Waals surface area contributed by atoms with Gasteiger partial charge in [0.1, 0.15) is 40.2 Å². The summed E-state index contributed by atoms with van der Waals surface area (Å²) in [5, 5.41) is 3.61. The number of anilines is 2. The van der Waals surface area contributed by atoms with Gasteiger partial charge in [-0.3, -0.25) is 33.9 Å². The van der Waals surface area contributed by atoms with Gasteiger partial charge >= 0.3 is 17.8 Å². The number of carbonyl (C=O) groups is 3. The summed E-state index contributed by atoms with van der Waals surface area (Å²) in [6.45, 7) is 15.0. The molecule has 2 bridgehead atoms. The average molecular weight is 1180 g/mol. The number of piperidine rings is 4. The summed E-state index contributed by atoms with van der Waals surface area (Å²) in [6, 6.07) is 11.3. The third kappa shape index (κ3) is 12.2. The molecular formula is C65H79F2N11O8. The van der Waals surface area contributed by atoms with Crippen LogP contribution >= 0.6 is 0 Å². The molecule has 9 heterocycles. The van der Waals surface area contributed by atoms with E-state index >= 15 is 8.78 Å². The lowest BCUT2D eigenvalue weighted by molar-refractivity contribution is -0.135. The summed E-state index contributed by atoms with van der Waals surface area (Å²) in [5.41, 5.74) is 1.79. The fourth-order valence-corrected chi connectivity index (χ4v) is 14.4. The lowest BCUT2D eigenvalue weighted by Crippen LogP contribution is -2.57. The second kappa shape index (κ2) is 24.8. The standard InChI is InChI=1S/C65H79F2N11O8/c1-7-48-51(66)13-9-43-32-47(85-39-83-6)34-49(56(43)48)58-57(67)59-50(35-68-58)60(76-37-45-10-11-46(38-76)77(45)64(82)86-65(2,3)4)71-62(70-59)84-30-8-23-73-24-17-40(18-25-73)31-41-19-26-74(27-20-41)36-42-21-28-75(29-22-42)44-12-14-52-54(33-44)72(5)63(81)78(52)53-15-16-55(79)69-61(53)80/h1,9,12-14,32-35,40-42,45-46,53H,8,10-11,15-31,36-39H2,2-6H3,(H,69,79,80). The van der Waals surface area contributed by atoms with Gasteiger partial charge in [-0.15, -0.1) is 6.42 Å². The second-order valence-electron chi connectivity index (χ2n) is 25.6. The van der Waals surface area contributed by atoms with Crippen LogP contribution in [0.4, 0.5) is 25.1 Å². The first-order valence-electron chi connectivity index (χ1n) is 30.8. The number of imide groups is 1. The fourth-order valence-electron chi connectivity index (χ4n) is 14.4. The van der Waals surface area contributed by atoms with Crippen molar-refractivity contribution in [1.82, 2.24) is 44.1 Å². The number of ether oxygens (including phenoxy) is 4. The summed E-state index contributed by atoms with van der Waals surface area (Å²) in [4.78, 5) is 77.2. The van der Waals surface area contributed by atoms with Crippen LogP contribution in [0, 0.1) is 41.7 Å². The SMILES string of the molecule is C#Cc1c(F)ccc2cc(OCOC)cc(-c3ncc4c(N5CC6CCC(C5)N6C(=O)OC(C)(C)C)nc(OCCCN5CCC(CC6CCN(CC7CCN(c8ccc9c(c8)n(C)c(=O)n9C8CCC(=O)NC8=O)CC7)CC6)CC5)nc4c3F)c12. The molecule has 3 atom stereocenters. The third-order valence-electron chi connectivity index (χ3n) is 18.8. The maximum Gasteiger partial charge on any atom is 0.410 e. The zero-order chi connectivity index (χ0) is 60.0. The van der Waals surface area contributed by atoms with Crippen molar-refractivity contribution in [1.29, 1.82) is 0 Å². The Kier molecular flexibility index (Phi) is 17.0. The number of benzene rings is 3. The van der Waals surface area contributed by atoms with E-state index in [4.69, 9.17) is 35.3 Å².